The summed E-state index contributed by atoms with van der Waals surface area (Å²) in [5, 5.41) is 8.16. The fraction of sp³-hybridized carbons (Fsp3) is 0.692. The minimum atomic E-state index is -5.04. The van der Waals surface area contributed by atoms with E-state index < -0.39 is 50.4 Å². The van der Waals surface area contributed by atoms with Crippen molar-refractivity contribution in [1.29, 1.82) is 0 Å². The summed E-state index contributed by atoms with van der Waals surface area (Å²) in [7, 11) is -4.23. The van der Waals surface area contributed by atoms with Gasteiger partial charge in [-0.1, -0.05) is 15.9 Å². The predicted molar refractivity (Wildman–Crippen MR) is 152 cm³/mol. The number of amides is 2. The minimum Gasteiger partial charge on any atom is -0.444 e. The SMILES string of the molecule is CC(C)(C)OC(=O)NCNC(=O)OC(C)(C)CNCC1CCC(CNS(=O)(=O)c2ccc(Br)cc2OC(F)(F)F)CC1. The van der Waals surface area contributed by atoms with Crippen LogP contribution in [-0.4, -0.2) is 64.5 Å². The summed E-state index contributed by atoms with van der Waals surface area (Å²) in [5.74, 6) is -0.434. The van der Waals surface area contributed by atoms with Gasteiger partial charge in [-0.05, 0) is 96.9 Å². The van der Waals surface area contributed by atoms with Gasteiger partial charge in [-0.2, -0.15) is 0 Å². The van der Waals surface area contributed by atoms with Gasteiger partial charge < -0.3 is 30.2 Å². The van der Waals surface area contributed by atoms with E-state index in [1.54, 1.807) is 34.6 Å². The number of hydrogen-bond acceptors (Lipinski definition) is 8. The Morgan fingerprint density at radius 2 is 1.48 bits per heavy atom. The van der Waals surface area contributed by atoms with Crippen LogP contribution in [0.1, 0.15) is 60.3 Å². The molecule has 16 heteroatoms. The van der Waals surface area contributed by atoms with Gasteiger partial charge in [0.25, 0.3) is 0 Å². The molecule has 0 radical (unpaired) electrons. The number of rotatable bonds is 12. The van der Waals surface area contributed by atoms with E-state index in [2.05, 4.69) is 41.3 Å². The van der Waals surface area contributed by atoms with Crippen LogP contribution in [0.3, 0.4) is 0 Å². The average molecular weight is 690 g/mol. The molecule has 42 heavy (non-hydrogen) atoms. The third kappa shape index (κ3) is 13.8. The van der Waals surface area contributed by atoms with Crippen LogP contribution in [0.15, 0.2) is 27.6 Å². The van der Waals surface area contributed by atoms with Crippen LogP contribution >= 0.6 is 15.9 Å². The number of carbonyl (C=O) groups is 2. The van der Waals surface area contributed by atoms with Gasteiger partial charge in [-0.3, -0.25) is 0 Å². The third-order valence-electron chi connectivity index (χ3n) is 6.17. The Labute approximate surface area is 253 Å². The van der Waals surface area contributed by atoms with E-state index in [1.165, 1.54) is 6.07 Å². The Hall–Kier alpha value is -2.30. The van der Waals surface area contributed by atoms with E-state index in [4.69, 9.17) is 9.47 Å². The second-order valence-corrected chi connectivity index (χ2v) is 14.3. The zero-order valence-corrected chi connectivity index (χ0v) is 26.7. The first-order valence-corrected chi connectivity index (χ1v) is 15.7. The summed E-state index contributed by atoms with van der Waals surface area (Å²) in [6, 6.07) is 3.35. The molecule has 0 bridgehead atoms. The second-order valence-electron chi connectivity index (χ2n) is 11.7. The van der Waals surface area contributed by atoms with Gasteiger partial charge in [0.05, 0.1) is 6.67 Å². The lowest BCUT2D eigenvalue weighted by molar-refractivity contribution is -0.275. The summed E-state index contributed by atoms with van der Waals surface area (Å²) >= 11 is 3.03. The van der Waals surface area contributed by atoms with Crippen LogP contribution in [0.5, 0.6) is 5.75 Å². The molecule has 0 atom stereocenters. The van der Waals surface area contributed by atoms with Crippen LogP contribution in [0, 0.1) is 11.8 Å². The number of alkyl carbamates (subject to hydrolysis) is 2. The summed E-state index contributed by atoms with van der Waals surface area (Å²) in [6.07, 6.45) is -3.24. The Bertz CT molecular complexity index is 1170. The number of carbonyl (C=O) groups excluding carboxylic acids is 2. The summed E-state index contributed by atoms with van der Waals surface area (Å²) in [6.45, 7) is 9.68. The van der Waals surface area contributed by atoms with Crippen LogP contribution in [0.2, 0.25) is 0 Å². The normalized spacial score (nSPS) is 18.2. The maximum absolute atomic E-state index is 12.8. The van der Waals surface area contributed by atoms with Crippen LogP contribution in [0.4, 0.5) is 22.8 Å². The molecule has 1 aromatic carbocycles. The maximum Gasteiger partial charge on any atom is 0.573 e. The highest BCUT2D eigenvalue weighted by molar-refractivity contribution is 9.10. The standard InChI is InChI=1S/C26H40BrF3N4O7S/c1-24(2,3)40-22(35)32-16-33-23(36)41-25(4,5)15-31-13-17-6-8-18(9-7-17)14-34-42(37,38)21-11-10-19(27)12-20(21)39-26(28,29)30/h10-12,17-18,31,34H,6-9,13-16H2,1-5H3,(H,32,35)(H,33,36). The Kier molecular flexibility index (Phi) is 12.8. The fourth-order valence-electron chi connectivity index (χ4n) is 4.26. The van der Waals surface area contributed by atoms with E-state index in [9.17, 15) is 31.2 Å². The first kappa shape index (κ1) is 35.9. The number of nitrogens with one attached hydrogen (secondary N) is 4. The molecular weight excluding hydrogens is 649 g/mol. The first-order valence-electron chi connectivity index (χ1n) is 13.4. The van der Waals surface area contributed by atoms with Crippen molar-refractivity contribution < 1.29 is 45.4 Å². The molecule has 1 aliphatic rings. The molecule has 1 saturated carbocycles. The van der Waals surface area contributed by atoms with Crippen molar-refractivity contribution in [3.05, 3.63) is 22.7 Å². The van der Waals surface area contributed by atoms with E-state index in [0.29, 0.717) is 19.0 Å². The van der Waals surface area contributed by atoms with Gasteiger partial charge >= 0.3 is 18.5 Å². The topological polar surface area (TPSA) is 144 Å². The Morgan fingerprint density at radius 3 is 2.02 bits per heavy atom. The van der Waals surface area contributed by atoms with Gasteiger partial charge in [0, 0.05) is 17.6 Å². The molecule has 0 heterocycles. The van der Waals surface area contributed by atoms with Gasteiger partial charge in [0.15, 0.2) is 5.75 Å². The molecule has 11 nitrogen and oxygen atoms in total. The van der Waals surface area contributed by atoms with Crippen LogP contribution in [0.25, 0.3) is 0 Å². The van der Waals surface area contributed by atoms with Crippen molar-refractivity contribution in [2.75, 3.05) is 26.3 Å². The fourth-order valence-corrected chi connectivity index (χ4v) is 5.82. The molecule has 0 saturated heterocycles. The second kappa shape index (κ2) is 14.9. The largest absolute Gasteiger partial charge is 0.573 e. The minimum absolute atomic E-state index is 0.0382. The zero-order valence-electron chi connectivity index (χ0n) is 24.3. The lowest BCUT2D eigenvalue weighted by Crippen LogP contribution is -2.46. The molecule has 4 N–H and O–H groups in total. The molecule has 240 valence electrons. The predicted octanol–water partition coefficient (Wildman–Crippen LogP) is 5.01. The van der Waals surface area contributed by atoms with Gasteiger partial charge in [0.2, 0.25) is 10.0 Å². The van der Waals surface area contributed by atoms with Gasteiger partial charge in [-0.25, -0.2) is 22.7 Å². The summed E-state index contributed by atoms with van der Waals surface area (Å²) < 4.78 is 80.9. The molecule has 2 amide bonds. The lowest BCUT2D eigenvalue weighted by Gasteiger charge is -2.30. The van der Waals surface area contributed by atoms with Crippen LogP contribution in [-0.2, 0) is 19.5 Å². The van der Waals surface area contributed by atoms with E-state index in [1.807, 2.05) is 0 Å². The Morgan fingerprint density at radius 1 is 0.929 bits per heavy atom. The number of alkyl halides is 3. The summed E-state index contributed by atoms with van der Waals surface area (Å²) in [4.78, 5) is 23.1. The van der Waals surface area contributed by atoms with Crippen LogP contribution < -0.4 is 25.4 Å². The summed E-state index contributed by atoms with van der Waals surface area (Å²) in [5.41, 5.74) is -1.48. The quantitative estimate of drug-likeness (QED) is 0.225. The highest BCUT2D eigenvalue weighted by Gasteiger charge is 2.34. The first-order chi connectivity index (χ1) is 19.2. The molecule has 1 aromatic rings. The Balaban J connectivity index is 1.71. The highest BCUT2D eigenvalue weighted by Crippen LogP contribution is 2.33. The lowest BCUT2D eigenvalue weighted by atomic mass is 9.82. The number of sulfonamides is 1. The van der Waals surface area contributed by atoms with Crippen molar-refractivity contribution in [3.63, 3.8) is 0 Å². The van der Waals surface area contributed by atoms with E-state index in [-0.39, 0.29) is 23.6 Å². The van der Waals surface area contributed by atoms with E-state index in [0.717, 1.165) is 37.8 Å². The average Bonchev–Trinajstić information content (AvgIpc) is 2.81. The van der Waals surface area contributed by atoms with Gasteiger partial charge in [-0.15, -0.1) is 13.2 Å². The number of benzene rings is 1. The smallest absolute Gasteiger partial charge is 0.444 e. The van der Waals surface area contributed by atoms with Gasteiger partial charge in [0.1, 0.15) is 16.1 Å². The van der Waals surface area contributed by atoms with Crippen molar-refractivity contribution in [2.24, 2.45) is 11.8 Å². The van der Waals surface area contributed by atoms with Crippen molar-refractivity contribution in [1.82, 2.24) is 20.7 Å². The monoisotopic (exact) mass is 688 g/mol. The third-order valence-corrected chi connectivity index (χ3v) is 8.12. The molecular formula is C26H40BrF3N4O7S. The highest BCUT2D eigenvalue weighted by atomic mass is 79.9. The van der Waals surface area contributed by atoms with Crippen molar-refractivity contribution in [2.45, 2.75) is 82.8 Å². The molecule has 0 spiro atoms. The molecule has 0 aliphatic heterocycles. The van der Waals surface area contributed by atoms with Crippen molar-refractivity contribution >= 4 is 38.1 Å². The zero-order chi connectivity index (χ0) is 31.8. The number of halogens is 4. The molecule has 0 aromatic heterocycles. The molecule has 1 fully saturated rings. The number of hydrogen-bond donors (Lipinski definition) is 4. The molecule has 2 rings (SSSR count). The molecule has 0 unspecified atom stereocenters. The number of ether oxygens (including phenoxy) is 3. The van der Waals surface area contributed by atoms with Crippen molar-refractivity contribution in [3.8, 4) is 5.75 Å². The maximum atomic E-state index is 12.8. The van der Waals surface area contributed by atoms with E-state index >= 15 is 0 Å². The molecule has 1 aliphatic carbocycles.